The molecule has 0 aromatic heterocycles. The minimum atomic E-state index is -0.387. The van der Waals surface area contributed by atoms with Gasteiger partial charge in [-0.2, -0.15) is 4.99 Å². The molecule has 1 aromatic carbocycles. The third kappa shape index (κ3) is 3.15. The number of amides is 1. The largest absolute Gasteiger partial charge is 0.370 e. The van der Waals surface area contributed by atoms with Gasteiger partial charge in [0.1, 0.15) is 0 Å². The average Bonchev–Trinajstić information content (AvgIpc) is 2.41. The van der Waals surface area contributed by atoms with E-state index in [1.807, 2.05) is 6.92 Å². The molecule has 114 valence electrons. The topological polar surface area (TPSA) is 81.5 Å². The molecule has 1 aromatic rings. The number of hydrogen-bond donors (Lipinski definition) is 2. The van der Waals surface area contributed by atoms with Crippen LogP contribution in [-0.2, 0) is 4.79 Å². The third-order valence-electron chi connectivity index (χ3n) is 4.49. The van der Waals surface area contributed by atoms with Gasteiger partial charge in [0.05, 0.1) is 0 Å². The maximum absolute atomic E-state index is 12.0. The summed E-state index contributed by atoms with van der Waals surface area (Å²) < 4.78 is 0. The maximum Gasteiger partial charge on any atom is 0.276 e. The Morgan fingerprint density at radius 1 is 0.810 bits per heavy atom. The predicted molar refractivity (Wildman–Crippen MR) is 89.2 cm³/mol. The van der Waals surface area contributed by atoms with Crippen LogP contribution in [0.1, 0.15) is 47.2 Å². The highest BCUT2D eigenvalue weighted by atomic mass is 16.1. The van der Waals surface area contributed by atoms with Crippen molar-refractivity contribution in [3.63, 3.8) is 0 Å². The van der Waals surface area contributed by atoms with Crippen LogP contribution in [0.15, 0.2) is 10.6 Å². The first-order valence-corrected chi connectivity index (χ1v) is 6.98. The molecule has 1 rings (SSSR count). The molecule has 21 heavy (non-hydrogen) atoms. The minimum Gasteiger partial charge on any atom is -0.370 e. The number of rotatable bonds is 2. The van der Waals surface area contributed by atoms with Gasteiger partial charge in [-0.15, -0.1) is 0 Å². The molecule has 0 saturated carbocycles. The highest BCUT2D eigenvalue weighted by Gasteiger charge is 2.17. The van der Waals surface area contributed by atoms with E-state index in [0.717, 1.165) is 11.1 Å². The predicted octanol–water partition coefficient (Wildman–Crippen LogP) is 2.82. The highest BCUT2D eigenvalue weighted by molar-refractivity contribution is 6.06. The molecule has 0 aliphatic rings. The SMILES string of the molecule is CC(C(=O)N=C(N)N)=C(C)c1c(C)c(C)c(C)c(C)c1C. The molecular formula is C17H25N3O. The Hall–Kier alpha value is -2.10. The fraction of sp³-hybridized carbons (Fsp3) is 0.412. The van der Waals surface area contributed by atoms with Crippen LogP contribution in [0.25, 0.3) is 5.57 Å². The molecule has 1 amide bonds. The smallest absolute Gasteiger partial charge is 0.276 e. The van der Waals surface area contributed by atoms with Gasteiger partial charge in [-0.3, -0.25) is 4.79 Å². The Morgan fingerprint density at radius 2 is 1.19 bits per heavy atom. The van der Waals surface area contributed by atoms with Gasteiger partial charge in [0.25, 0.3) is 5.91 Å². The van der Waals surface area contributed by atoms with E-state index in [-0.39, 0.29) is 11.9 Å². The summed E-state index contributed by atoms with van der Waals surface area (Å²) >= 11 is 0. The number of carbonyl (C=O) groups is 1. The van der Waals surface area contributed by atoms with E-state index in [1.165, 1.54) is 27.8 Å². The van der Waals surface area contributed by atoms with Crippen LogP contribution in [0.3, 0.4) is 0 Å². The fourth-order valence-corrected chi connectivity index (χ4v) is 2.61. The normalized spacial score (nSPS) is 12.0. The molecule has 0 spiro atoms. The van der Waals surface area contributed by atoms with Crippen LogP contribution in [-0.4, -0.2) is 11.9 Å². The van der Waals surface area contributed by atoms with Gasteiger partial charge in [0.15, 0.2) is 5.96 Å². The van der Waals surface area contributed by atoms with Crippen molar-refractivity contribution in [1.82, 2.24) is 0 Å². The van der Waals surface area contributed by atoms with Gasteiger partial charge in [0, 0.05) is 5.57 Å². The second kappa shape index (κ2) is 6.12. The molecule has 0 fully saturated rings. The van der Waals surface area contributed by atoms with Crippen LogP contribution >= 0.6 is 0 Å². The van der Waals surface area contributed by atoms with Crippen LogP contribution in [0.5, 0.6) is 0 Å². The third-order valence-corrected chi connectivity index (χ3v) is 4.49. The molecule has 0 saturated heterocycles. The second-order valence-corrected chi connectivity index (χ2v) is 5.59. The number of carbonyl (C=O) groups excluding carboxylic acids is 1. The number of guanidine groups is 1. The van der Waals surface area contributed by atoms with Crippen LogP contribution in [0.2, 0.25) is 0 Å². The molecule has 0 aliphatic carbocycles. The quantitative estimate of drug-likeness (QED) is 0.498. The van der Waals surface area contributed by atoms with E-state index < -0.39 is 0 Å². The first-order valence-electron chi connectivity index (χ1n) is 6.98. The van der Waals surface area contributed by atoms with Crippen molar-refractivity contribution in [3.8, 4) is 0 Å². The monoisotopic (exact) mass is 287 g/mol. The zero-order valence-electron chi connectivity index (χ0n) is 14.0. The molecule has 0 unspecified atom stereocenters. The molecule has 4 nitrogen and oxygen atoms in total. The lowest BCUT2D eigenvalue weighted by Gasteiger charge is -2.20. The molecule has 0 heterocycles. The average molecular weight is 287 g/mol. The van der Waals surface area contributed by atoms with Crippen molar-refractivity contribution in [2.24, 2.45) is 16.5 Å². The van der Waals surface area contributed by atoms with Gasteiger partial charge in [-0.1, -0.05) is 0 Å². The van der Waals surface area contributed by atoms with Crippen molar-refractivity contribution in [2.75, 3.05) is 0 Å². The summed E-state index contributed by atoms with van der Waals surface area (Å²) in [7, 11) is 0. The lowest BCUT2D eigenvalue weighted by atomic mass is 9.85. The van der Waals surface area contributed by atoms with Crippen LogP contribution in [0.4, 0.5) is 0 Å². The Balaban J connectivity index is 3.61. The molecule has 4 heteroatoms. The van der Waals surface area contributed by atoms with Crippen molar-refractivity contribution in [1.29, 1.82) is 0 Å². The standard InChI is InChI=1S/C17H25N3O/c1-8-9(2)11(4)15(12(5)10(8)3)13(6)14(7)16(21)20-17(18)19/h1-7H3,(H4,18,19,20,21). The lowest BCUT2D eigenvalue weighted by Crippen LogP contribution is -2.24. The zero-order valence-corrected chi connectivity index (χ0v) is 14.0. The fourth-order valence-electron chi connectivity index (χ4n) is 2.61. The van der Waals surface area contributed by atoms with Crippen molar-refractivity contribution < 1.29 is 4.79 Å². The summed E-state index contributed by atoms with van der Waals surface area (Å²) in [6.45, 7) is 14.2. The van der Waals surface area contributed by atoms with Crippen LogP contribution in [0, 0.1) is 34.6 Å². The number of allylic oxidation sites excluding steroid dienone is 1. The van der Waals surface area contributed by atoms with Gasteiger partial charge < -0.3 is 11.5 Å². The van der Waals surface area contributed by atoms with Gasteiger partial charge in [-0.25, -0.2) is 0 Å². The van der Waals surface area contributed by atoms with Crippen molar-refractivity contribution in [3.05, 3.63) is 39.0 Å². The van der Waals surface area contributed by atoms with Crippen molar-refractivity contribution >= 4 is 17.4 Å². The van der Waals surface area contributed by atoms with E-state index >= 15 is 0 Å². The minimum absolute atomic E-state index is 0.211. The summed E-state index contributed by atoms with van der Waals surface area (Å²) in [5.74, 6) is -0.598. The van der Waals surface area contributed by atoms with E-state index in [1.54, 1.807) is 6.92 Å². The summed E-state index contributed by atoms with van der Waals surface area (Å²) in [4.78, 5) is 15.6. The molecular weight excluding hydrogens is 262 g/mol. The van der Waals surface area contributed by atoms with Gasteiger partial charge >= 0.3 is 0 Å². The summed E-state index contributed by atoms with van der Waals surface area (Å²) in [6.07, 6.45) is 0. The molecule has 0 atom stereocenters. The van der Waals surface area contributed by atoms with E-state index in [4.69, 9.17) is 11.5 Å². The number of nitrogens with zero attached hydrogens (tertiary/aromatic N) is 1. The Morgan fingerprint density at radius 3 is 1.57 bits per heavy atom. The number of aliphatic imine (C=N–C) groups is 1. The van der Waals surface area contributed by atoms with Crippen molar-refractivity contribution in [2.45, 2.75) is 48.5 Å². The van der Waals surface area contributed by atoms with Gasteiger partial charge in [0.2, 0.25) is 0 Å². The van der Waals surface area contributed by atoms with E-state index in [9.17, 15) is 4.79 Å². The zero-order chi connectivity index (χ0) is 16.5. The second-order valence-electron chi connectivity index (χ2n) is 5.59. The summed E-state index contributed by atoms with van der Waals surface area (Å²) in [5, 5.41) is 0. The Kier molecular flexibility index (Phi) is 4.94. The Bertz CT molecular complexity index is 634. The number of nitrogens with two attached hydrogens (primary N) is 2. The molecule has 0 bridgehead atoms. The molecule has 0 aliphatic heterocycles. The molecule has 4 N–H and O–H groups in total. The van der Waals surface area contributed by atoms with E-state index in [0.29, 0.717) is 5.57 Å². The number of benzene rings is 1. The number of hydrogen-bond acceptors (Lipinski definition) is 1. The maximum atomic E-state index is 12.0. The molecule has 0 radical (unpaired) electrons. The van der Waals surface area contributed by atoms with E-state index in [2.05, 4.69) is 39.6 Å². The van der Waals surface area contributed by atoms with Crippen LogP contribution < -0.4 is 11.5 Å². The lowest BCUT2D eigenvalue weighted by molar-refractivity contribution is -0.114. The highest BCUT2D eigenvalue weighted by Crippen LogP contribution is 2.32. The first-order chi connectivity index (χ1) is 9.59. The summed E-state index contributed by atoms with van der Waals surface area (Å²) in [5.41, 5.74) is 19.4. The van der Waals surface area contributed by atoms with Gasteiger partial charge in [-0.05, 0) is 87.4 Å². The summed E-state index contributed by atoms with van der Waals surface area (Å²) in [6, 6.07) is 0. The Labute approximate surface area is 126 Å². The first kappa shape index (κ1) is 17.0.